The molecule has 0 saturated carbocycles. The van der Waals surface area contributed by atoms with E-state index < -0.39 is 5.82 Å². The van der Waals surface area contributed by atoms with E-state index in [0.29, 0.717) is 11.3 Å². The van der Waals surface area contributed by atoms with Crippen LogP contribution >= 0.6 is 0 Å². The molecular formula is C10H10FNO. The van der Waals surface area contributed by atoms with Crippen LogP contribution in [0.4, 0.5) is 10.1 Å². The van der Waals surface area contributed by atoms with Crippen LogP contribution in [0, 0.1) is 24.6 Å². The minimum Gasteiger partial charge on any atom is -0.398 e. The number of halogens is 1. The lowest BCUT2D eigenvalue weighted by atomic mass is 10.1. The maximum absolute atomic E-state index is 12.8. The Labute approximate surface area is 76.2 Å². The molecule has 0 aliphatic carbocycles. The molecular weight excluding hydrogens is 169 g/mol. The second-order valence-corrected chi connectivity index (χ2v) is 2.63. The van der Waals surface area contributed by atoms with Gasteiger partial charge in [0.15, 0.2) is 0 Å². The van der Waals surface area contributed by atoms with Crippen molar-refractivity contribution in [3.8, 4) is 11.8 Å². The van der Waals surface area contributed by atoms with E-state index in [0.717, 1.165) is 5.56 Å². The summed E-state index contributed by atoms with van der Waals surface area (Å²) in [7, 11) is 0. The monoisotopic (exact) mass is 179 g/mol. The number of hydrogen-bond acceptors (Lipinski definition) is 2. The predicted octanol–water partition coefficient (Wildman–Crippen LogP) is 1.06. The van der Waals surface area contributed by atoms with E-state index in [9.17, 15) is 4.39 Å². The lowest BCUT2D eigenvalue weighted by Gasteiger charge is -2.02. The first-order chi connectivity index (χ1) is 6.15. The quantitative estimate of drug-likeness (QED) is 0.462. The molecule has 2 nitrogen and oxygen atoms in total. The van der Waals surface area contributed by atoms with Crippen molar-refractivity contribution in [2.45, 2.75) is 6.92 Å². The fraction of sp³-hybridized carbons (Fsp3) is 0.200. The Kier molecular flexibility index (Phi) is 2.88. The molecule has 1 aromatic carbocycles. The number of hydrogen-bond donors (Lipinski definition) is 2. The molecule has 0 amide bonds. The zero-order valence-corrected chi connectivity index (χ0v) is 7.26. The molecule has 3 heteroatoms. The molecule has 0 bridgehead atoms. The Morgan fingerprint density at radius 2 is 2.23 bits per heavy atom. The first-order valence-electron chi connectivity index (χ1n) is 3.80. The maximum Gasteiger partial charge on any atom is 0.126 e. The maximum atomic E-state index is 12.8. The summed E-state index contributed by atoms with van der Waals surface area (Å²) in [6, 6.07) is 2.55. The van der Waals surface area contributed by atoms with E-state index in [-0.39, 0.29) is 6.61 Å². The van der Waals surface area contributed by atoms with Crippen molar-refractivity contribution < 1.29 is 9.50 Å². The minimum absolute atomic E-state index is 0.240. The van der Waals surface area contributed by atoms with Crippen LogP contribution in [0.1, 0.15) is 11.1 Å². The van der Waals surface area contributed by atoms with E-state index in [2.05, 4.69) is 11.8 Å². The third-order valence-electron chi connectivity index (χ3n) is 1.71. The molecule has 0 aromatic heterocycles. The third-order valence-corrected chi connectivity index (χ3v) is 1.71. The average molecular weight is 179 g/mol. The fourth-order valence-corrected chi connectivity index (χ4v) is 0.965. The van der Waals surface area contributed by atoms with Crippen LogP contribution in [0.5, 0.6) is 0 Å². The summed E-state index contributed by atoms with van der Waals surface area (Å²) >= 11 is 0. The molecule has 1 aromatic rings. The van der Waals surface area contributed by atoms with Gasteiger partial charge in [-0.3, -0.25) is 0 Å². The van der Waals surface area contributed by atoms with Gasteiger partial charge in [0.25, 0.3) is 0 Å². The molecule has 0 fully saturated rings. The van der Waals surface area contributed by atoms with Crippen LogP contribution in [0.25, 0.3) is 0 Å². The first kappa shape index (κ1) is 9.56. The highest BCUT2D eigenvalue weighted by molar-refractivity contribution is 5.55. The number of rotatable bonds is 0. The molecule has 0 radical (unpaired) electrons. The molecule has 0 heterocycles. The number of nitrogen functional groups attached to an aromatic ring is 1. The Bertz CT molecular complexity index is 376. The van der Waals surface area contributed by atoms with Gasteiger partial charge >= 0.3 is 0 Å². The average Bonchev–Trinajstić information content (AvgIpc) is 2.09. The fourth-order valence-electron chi connectivity index (χ4n) is 0.965. The zero-order valence-electron chi connectivity index (χ0n) is 7.26. The van der Waals surface area contributed by atoms with Crippen molar-refractivity contribution in [1.82, 2.24) is 0 Å². The summed E-state index contributed by atoms with van der Waals surface area (Å²) in [5, 5.41) is 8.46. The Morgan fingerprint density at radius 1 is 1.54 bits per heavy atom. The second kappa shape index (κ2) is 3.92. The van der Waals surface area contributed by atoms with Crippen LogP contribution in [-0.2, 0) is 0 Å². The highest BCUT2D eigenvalue weighted by Crippen LogP contribution is 2.16. The van der Waals surface area contributed by atoms with E-state index in [1.165, 1.54) is 12.1 Å². The van der Waals surface area contributed by atoms with Crippen molar-refractivity contribution >= 4 is 5.69 Å². The van der Waals surface area contributed by atoms with Gasteiger partial charge in [-0.25, -0.2) is 4.39 Å². The molecule has 13 heavy (non-hydrogen) atoms. The van der Waals surface area contributed by atoms with Gasteiger partial charge in [0.2, 0.25) is 0 Å². The number of aliphatic hydroxyl groups excluding tert-OH is 1. The van der Waals surface area contributed by atoms with Gasteiger partial charge in [-0.1, -0.05) is 11.8 Å². The molecule has 0 atom stereocenters. The zero-order chi connectivity index (χ0) is 9.84. The van der Waals surface area contributed by atoms with Crippen LogP contribution in [0.15, 0.2) is 12.1 Å². The lowest BCUT2D eigenvalue weighted by Crippen LogP contribution is -1.94. The Morgan fingerprint density at radius 3 is 2.85 bits per heavy atom. The summed E-state index contributed by atoms with van der Waals surface area (Å²) < 4.78 is 12.8. The highest BCUT2D eigenvalue weighted by Gasteiger charge is 2.01. The normalized spacial score (nSPS) is 9.15. The predicted molar refractivity (Wildman–Crippen MR) is 49.5 cm³/mol. The van der Waals surface area contributed by atoms with Crippen molar-refractivity contribution in [2.75, 3.05) is 12.3 Å². The van der Waals surface area contributed by atoms with Crippen LogP contribution < -0.4 is 5.73 Å². The largest absolute Gasteiger partial charge is 0.398 e. The van der Waals surface area contributed by atoms with Crippen LogP contribution in [0.3, 0.4) is 0 Å². The van der Waals surface area contributed by atoms with Gasteiger partial charge in [-0.05, 0) is 24.6 Å². The molecule has 0 saturated heterocycles. The van der Waals surface area contributed by atoms with Gasteiger partial charge < -0.3 is 10.8 Å². The number of nitrogens with two attached hydrogens (primary N) is 1. The first-order valence-corrected chi connectivity index (χ1v) is 3.80. The van der Waals surface area contributed by atoms with Crippen molar-refractivity contribution in [3.05, 3.63) is 29.1 Å². The van der Waals surface area contributed by atoms with Crippen molar-refractivity contribution in [2.24, 2.45) is 0 Å². The molecule has 1 rings (SSSR count). The molecule has 0 unspecified atom stereocenters. The molecule has 0 aliphatic heterocycles. The number of anilines is 1. The van der Waals surface area contributed by atoms with Gasteiger partial charge in [-0.15, -0.1) is 0 Å². The number of aliphatic hydroxyl groups is 1. The van der Waals surface area contributed by atoms with Crippen molar-refractivity contribution in [1.29, 1.82) is 0 Å². The summed E-state index contributed by atoms with van der Waals surface area (Å²) in [5.74, 6) is 4.66. The van der Waals surface area contributed by atoms with E-state index in [1.807, 2.05) is 0 Å². The Balaban J connectivity index is 3.20. The number of benzene rings is 1. The molecule has 68 valence electrons. The van der Waals surface area contributed by atoms with Gasteiger partial charge in [-0.2, -0.15) is 0 Å². The second-order valence-electron chi connectivity index (χ2n) is 2.63. The van der Waals surface area contributed by atoms with Crippen LogP contribution in [-0.4, -0.2) is 11.7 Å². The Hall–Kier alpha value is -1.53. The lowest BCUT2D eigenvalue weighted by molar-refractivity contribution is 0.350. The molecule has 0 aliphatic rings. The van der Waals surface area contributed by atoms with Gasteiger partial charge in [0.1, 0.15) is 12.4 Å². The SMILES string of the molecule is Cc1c(N)cc(F)cc1C#CCO. The molecule has 3 N–H and O–H groups in total. The van der Waals surface area contributed by atoms with Crippen LogP contribution in [0.2, 0.25) is 0 Å². The smallest absolute Gasteiger partial charge is 0.126 e. The van der Waals surface area contributed by atoms with E-state index in [1.54, 1.807) is 6.92 Å². The standard InChI is InChI=1S/C10H10FNO/c1-7-8(3-2-4-13)5-9(11)6-10(7)12/h5-6,13H,4,12H2,1H3. The van der Waals surface area contributed by atoms with Gasteiger partial charge in [0.05, 0.1) is 0 Å². The summed E-state index contributed by atoms with van der Waals surface area (Å²) in [4.78, 5) is 0. The third kappa shape index (κ3) is 2.20. The van der Waals surface area contributed by atoms with Gasteiger partial charge in [0, 0.05) is 11.3 Å². The summed E-state index contributed by atoms with van der Waals surface area (Å²) in [6.07, 6.45) is 0. The topological polar surface area (TPSA) is 46.2 Å². The highest BCUT2D eigenvalue weighted by atomic mass is 19.1. The summed E-state index contributed by atoms with van der Waals surface area (Å²) in [5.41, 5.74) is 7.16. The summed E-state index contributed by atoms with van der Waals surface area (Å²) in [6.45, 7) is 1.52. The minimum atomic E-state index is -0.412. The molecule has 0 spiro atoms. The van der Waals surface area contributed by atoms with E-state index in [4.69, 9.17) is 10.8 Å². The van der Waals surface area contributed by atoms with E-state index >= 15 is 0 Å². The van der Waals surface area contributed by atoms with Crippen molar-refractivity contribution in [3.63, 3.8) is 0 Å².